The second-order valence-electron chi connectivity index (χ2n) is 6.07. The quantitative estimate of drug-likeness (QED) is 0.773. The van der Waals surface area contributed by atoms with Crippen molar-refractivity contribution in [2.75, 3.05) is 19.7 Å². The number of likely N-dealkylation sites (tertiary alicyclic amines) is 1. The Bertz CT molecular complexity index is 613. The van der Waals surface area contributed by atoms with Crippen molar-refractivity contribution in [3.05, 3.63) is 29.8 Å². The number of amides is 1. The third-order valence-electron chi connectivity index (χ3n) is 4.10. The number of piperidine rings is 1. The van der Waals surface area contributed by atoms with Crippen LogP contribution < -0.4 is 4.74 Å². The SMILES string of the molecule is CC1CCN(C(=O)COC(=O)[C@H](C)Oc2ccc(C#N)cc2)CC1. The molecule has 0 N–H and O–H groups in total. The third kappa shape index (κ3) is 4.98. The molecule has 0 aromatic heterocycles. The summed E-state index contributed by atoms with van der Waals surface area (Å²) in [5, 5.41) is 8.74. The van der Waals surface area contributed by atoms with Crippen molar-refractivity contribution in [2.24, 2.45) is 5.92 Å². The van der Waals surface area contributed by atoms with Crippen molar-refractivity contribution >= 4 is 11.9 Å². The maximum atomic E-state index is 12.0. The van der Waals surface area contributed by atoms with Gasteiger partial charge in [0.05, 0.1) is 11.6 Å². The second-order valence-corrected chi connectivity index (χ2v) is 6.07. The first-order valence-electron chi connectivity index (χ1n) is 8.11. The summed E-state index contributed by atoms with van der Waals surface area (Å²) in [4.78, 5) is 25.7. The van der Waals surface area contributed by atoms with E-state index < -0.39 is 12.1 Å². The molecule has 0 unspecified atom stereocenters. The largest absolute Gasteiger partial charge is 0.479 e. The van der Waals surface area contributed by atoms with Crippen molar-refractivity contribution in [3.63, 3.8) is 0 Å². The van der Waals surface area contributed by atoms with Crippen LogP contribution in [0.4, 0.5) is 0 Å². The van der Waals surface area contributed by atoms with Gasteiger partial charge in [-0.25, -0.2) is 4.79 Å². The molecule has 0 saturated carbocycles. The Balaban J connectivity index is 1.76. The Morgan fingerprint density at radius 1 is 1.29 bits per heavy atom. The maximum Gasteiger partial charge on any atom is 0.347 e. The van der Waals surface area contributed by atoms with E-state index in [1.807, 2.05) is 6.07 Å². The first-order chi connectivity index (χ1) is 11.5. The summed E-state index contributed by atoms with van der Waals surface area (Å²) in [6.07, 6.45) is 1.14. The van der Waals surface area contributed by atoms with Gasteiger partial charge in [0.15, 0.2) is 12.7 Å². The Labute approximate surface area is 142 Å². The van der Waals surface area contributed by atoms with Gasteiger partial charge in [-0.15, -0.1) is 0 Å². The van der Waals surface area contributed by atoms with Crippen molar-refractivity contribution in [2.45, 2.75) is 32.8 Å². The van der Waals surface area contributed by atoms with Gasteiger partial charge in [-0.3, -0.25) is 4.79 Å². The summed E-state index contributed by atoms with van der Waals surface area (Å²) in [7, 11) is 0. The number of rotatable bonds is 5. The third-order valence-corrected chi connectivity index (χ3v) is 4.10. The number of carbonyl (C=O) groups excluding carboxylic acids is 2. The van der Waals surface area contributed by atoms with Crippen molar-refractivity contribution in [1.82, 2.24) is 4.90 Å². The zero-order valence-electron chi connectivity index (χ0n) is 14.0. The summed E-state index contributed by atoms with van der Waals surface area (Å²) in [6.45, 7) is 4.91. The standard InChI is InChI=1S/C18H22N2O4/c1-13-7-9-20(10-8-13)17(21)12-23-18(22)14(2)24-16-5-3-15(11-19)4-6-16/h3-6,13-14H,7-10,12H2,1-2H3/t14-/m0/s1. The molecule has 6 nitrogen and oxygen atoms in total. The lowest BCUT2D eigenvalue weighted by atomic mass is 9.99. The average molecular weight is 330 g/mol. The highest BCUT2D eigenvalue weighted by molar-refractivity contribution is 5.82. The van der Waals surface area contributed by atoms with Crippen molar-refractivity contribution in [3.8, 4) is 11.8 Å². The van der Waals surface area contributed by atoms with Crippen LogP contribution in [0.3, 0.4) is 0 Å². The van der Waals surface area contributed by atoms with E-state index in [1.54, 1.807) is 36.1 Å². The van der Waals surface area contributed by atoms with E-state index >= 15 is 0 Å². The normalized spacial score (nSPS) is 16.1. The molecule has 2 rings (SSSR count). The maximum absolute atomic E-state index is 12.0. The van der Waals surface area contributed by atoms with Crippen LogP contribution in [0.5, 0.6) is 5.75 Å². The molecule has 0 bridgehead atoms. The Morgan fingerprint density at radius 3 is 2.50 bits per heavy atom. The molecule has 1 heterocycles. The summed E-state index contributed by atoms with van der Waals surface area (Å²) in [6, 6.07) is 8.45. The molecule has 128 valence electrons. The molecule has 1 aliphatic rings. The molecule has 6 heteroatoms. The van der Waals surface area contributed by atoms with E-state index in [0.717, 1.165) is 25.9 Å². The van der Waals surface area contributed by atoms with E-state index in [4.69, 9.17) is 14.7 Å². The number of hydrogen-bond donors (Lipinski definition) is 0. The minimum atomic E-state index is -0.827. The molecule has 1 aliphatic heterocycles. The topological polar surface area (TPSA) is 79.6 Å². The van der Waals surface area contributed by atoms with E-state index in [1.165, 1.54) is 0 Å². The molecule has 24 heavy (non-hydrogen) atoms. The highest BCUT2D eigenvalue weighted by atomic mass is 16.6. The van der Waals surface area contributed by atoms with Crippen LogP contribution in [0.2, 0.25) is 0 Å². The molecule has 0 aliphatic carbocycles. The van der Waals surface area contributed by atoms with Crippen LogP contribution in [0.25, 0.3) is 0 Å². The lowest BCUT2D eigenvalue weighted by Gasteiger charge is -2.30. The molecule has 0 spiro atoms. The predicted octanol–water partition coefficient (Wildman–Crippen LogP) is 2.13. The van der Waals surface area contributed by atoms with E-state index in [2.05, 4.69) is 6.92 Å². The molecule has 1 aromatic rings. The van der Waals surface area contributed by atoms with Gasteiger partial charge in [0.25, 0.3) is 5.91 Å². The zero-order valence-corrected chi connectivity index (χ0v) is 14.0. The molecule has 0 radical (unpaired) electrons. The van der Waals surface area contributed by atoms with Crippen molar-refractivity contribution in [1.29, 1.82) is 5.26 Å². The zero-order chi connectivity index (χ0) is 17.5. The van der Waals surface area contributed by atoms with Crippen LogP contribution in [0, 0.1) is 17.2 Å². The minimum absolute atomic E-state index is 0.166. The van der Waals surface area contributed by atoms with Gasteiger partial charge in [-0.05, 0) is 49.9 Å². The average Bonchev–Trinajstić information content (AvgIpc) is 2.60. The van der Waals surface area contributed by atoms with Gasteiger partial charge < -0.3 is 14.4 Å². The van der Waals surface area contributed by atoms with E-state index in [9.17, 15) is 9.59 Å². The number of carbonyl (C=O) groups is 2. The Morgan fingerprint density at radius 2 is 1.92 bits per heavy atom. The fraction of sp³-hybridized carbons (Fsp3) is 0.500. The minimum Gasteiger partial charge on any atom is -0.479 e. The van der Waals surface area contributed by atoms with Gasteiger partial charge in [-0.2, -0.15) is 5.26 Å². The number of benzene rings is 1. The molecular formula is C18H22N2O4. The fourth-order valence-electron chi connectivity index (χ4n) is 2.46. The van der Waals surface area contributed by atoms with E-state index in [0.29, 0.717) is 17.2 Å². The highest BCUT2D eigenvalue weighted by Crippen LogP contribution is 2.16. The lowest BCUT2D eigenvalue weighted by Crippen LogP contribution is -2.41. The van der Waals surface area contributed by atoms with Crippen LogP contribution in [0.15, 0.2) is 24.3 Å². The van der Waals surface area contributed by atoms with Crippen molar-refractivity contribution < 1.29 is 19.1 Å². The first-order valence-corrected chi connectivity index (χ1v) is 8.11. The van der Waals surface area contributed by atoms with Gasteiger partial charge in [0.2, 0.25) is 0 Å². The Hall–Kier alpha value is -2.55. The first kappa shape index (κ1) is 17.8. The van der Waals surface area contributed by atoms with Crippen LogP contribution in [0.1, 0.15) is 32.3 Å². The smallest absolute Gasteiger partial charge is 0.347 e. The molecule has 1 saturated heterocycles. The summed E-state index contributed by atoms with van der Waals surface area (Å²) < 4.78 is 10.5. The van der Waals surface area contributed by atoms with Gasteiger partial charge in [-0.1, -0.05) is 6.92 Å². The number of hydrogen-bond acceptors (Lipinski definition) is 5. The lowest BCUT2D eigenvalue weighted by molar-refractivity contribution is -0.157. The number of nitriles is 1. The monoisotopic (exact) mass is 330 g/mol. The van der Waals surface area contributed by atoms with Gasteiger partial charge >= 0.3 is 5.97 Å². The van der Waals surface area contributed by atoms with Crippen LogP contribution in [-0.2, 0) is 14.3 Å². The summed E-state index contributed by atoms with van der Waals surface area (Å²) >= 11 is 0. The van der Waals surface area contributed by atoms with Crippen LogP contribution in [-0.4, -0.2) is 42.6 Å². The molecule has 1 aromatic carbocycles. The molecular weight excluding hydrogens is 308 g/mol. The molecule has 1 atom stereocenters. The predicted molar refractivity (Wildman–Crippen MR) is 87.2 cm³/mol. The second kappa shape index (κ2) is 8.34. The number of ether oxygens (including phenoxy) is 2. The highest BCUT2D eigenvalue weighted by Gasteiger charge is 2.23. The van der Waals surface area contributed by atoms with E-state index in [-0.39, 0.29) is 12.5 Å². The Kier molecular flexibility index (Phi) is 6.19. The summed E-state index contributed by atoms with van der Waals surface area (Å²) in [5.41, 5.74) is 0.513. The van der Waals surface area contributed by atoms with Crippen LogP contribution >= 0.6 is 0 Å². The molecule has 1 fully saturated rings. The number of nitrogens with zero attached hydrogens (tertiary/aromatic N) is 2. The van der Waals surface area contributed by atoms with Gasteiger partial charge in [0, 0.05) is 13.1 Å². The van der Waals surface area contributed by atoms with Gasteiger partial charge in [0.1, 0.15) is 5.75 Å². The molecule has 1 amide bonds. The number of esters is 1. The summed E-state index contributed by atoms with van der Waals surface area (Å²) in [5.74, 6) is 0.353. The fourth-order valence-corrected chi connectivity index (χ4v) is 2.46.